The highest BCUT2D eigenvalue weighted by atomic mass is 79.9. The normalized spacial score (nSPS) is 13.1. The van der Waals surface area contributed by atoms with Crippen molar-refractivity contribution in [2.75, 3.05) is 0 Å². The van der Waals surface area contributed by atoms with Crippen LogP contribution < -0.4 is 0 Å². The molecule has 98 valence electrons. The average molecular weight is 342 g/mol. The van der Waals surface area contributed by atoms with Gasteiger partial charge in [-0.2, -0.15) is 0 Å². The molecule has 0 radical (unpaired) electrons. The van der Waals surface area contributed by atoms with Crippen molar-refractivity contribution in [3.8, 4) is 0 Å². The number of nitrogens with zero attached hydrogens (tertiary/aromatic N) is 3. The number of aliphatic hydroxyl groups is 1. The maximum atomic E-state index is 13.2. The number of aryl methyl sites for hydroxylation is 1. The lowest BCUT2D eigenvalue weighted by molar-refractivity contribution is 0.213. The van der Waals surface area contributed by atoms with Crippen molar-refractivity contribution >= 4 is 37.4 Å². The van der Waals surface area contributed by atoms with E-state index in [1.807, 2.05) is 0 Å². The van der Waals surface area contributed by atoms with Gasteiger partial charge in [-0.1, -0.05) is 5.21 Å². The predicted molar refractivity (Wildman–Crippen MR) is 74.5 cm³/mol. The molecule has 3 rings (SSSR count). The second-order valence-corrected chi connectivity index (χ2v) is 5.99. The number of aliphatic hydroxyl groups excluding tert-OH is 1. The van der Waals surface area contributed by atoms with E-state index in [0.717, 1.165) is 15.0 Å². The molecule has 0 saturated carbocycles. The monoisotopic (exact) mass is 341 g/mol. The topological polar surface area (TPSA) is 50.9 Å². The van der Waals surface area contributed by atoms with Crippen molar-refractivity contribution in [2.45, 2.75) is 6.10 Å². The SMILES string of the molecule is Cn1nnc(Br)c1C(O)c1cc2cc(F)ccc2s1. The third kappa shape index (κ3) is 2.18. The highest BCUT2D eigenvalue weighted by Gasteiger charge is 2.21. The van der Waals surface area contributed by atoms with Crippen molar-refractivity contribution in [1.82, 2.24) is 15.0 Å². The van der Waals surface area contributed by atoms with E-state index in [0.29, 0.717) is 10.3 Å². The molecule has 19 heavy (non-hydrogen) atoms. The van der Waals surface area contributed by atoms with Crippen molar-refractivity contribution in [1.29, 1.82) is 0 Å². The summed E-state index contributed by atoms with van der Waals surface area (Å²) < 4.78 is 16.1. The molecule has 1 unspecified atom stereocenters. The molecule has 1 atom stereocenters. The van der Waals surface area contributed by atoms with Crippen LogP contribution in [0.25, 0.3) is 10.1 Å². The first kappa shape index (κ1) is 12.7. The van der Waals surface area contributed by atoms with Gasteiger partial charge in [-0.15, -0.1) is 16.4 Å². The smallest absolute Gasteiger partial charge is 0.154 e. The largest absolute Gasteiger partial charge is 0.381 e. The van der Waals surface area contributed by atoms with Crippen LogP contribution in [0, 0.1) is 5.82 Å². The van der Waals surface area contributed by atoms with Crippen molar-refractivity contribution < 1.29 is 9.50 Å². The number of benzene rings is 1. The lowest BCUT2D eigenvalue weighted by Gasteiger charge is -2.08. The van der Waals surface area contributed by atoms with E-state index >= 15 is 0 Å². The van der Waals surface area contributed by atoms with Gasteiger partial charge in [0.1, 0.15) is 17.6 Å². The number of thiophene rings is 1. The van der Waals surface area contributed by atoms with E-state index in [4.69, 9.17) is 0 Å². The first-order chi connectivity index (χ1) is 9.06. The number of halogens is 2. The summed E-state index contributed by atoms with van der Waals surface area (Å²) in [6.07, 6.45) is -0.838. The molecule has 1 aromatic carbocycles. The van der Waals surface area contributed by atoms with Crippen LogP contribution in [0.1, 0.15) is 16.7 Å². The quantitative estimate of drug-likeness (QED) is 0.779. The Morgan fingerprint density at radius 2 is 2.21 bits per heavy atom. The van der Waals surface area contributed by atoms with E-state index in [-0.39, 0.29) is 5.82 Å². The van der Waals surface area contributed by atoms with Crippen LogP contribution in [0.2, 0.25) is 0 Å². The lowest BCUT2D eigenvalue weighted by Crippen LogP contribution is -2.05. The Hall–Kier alpha value is -1.31. The van der Waals surface area contributed by atoms with Crippen LogP contribution >= 0.6 is 27.3 Å². The zero-order chi connectivity index (χ0) is 13.6. The molecule has 2 aromatic heterocycles. The van der Waals surface area contributed by atoms with E-state index in [1.165, 1.54) is 28.2 Å². The Morgan fingerprint density at radius 3 is 2.89 bits per heavy atom. The predicted octanol–water partition coefficient (Wildman–Crippen LogP) is 3.01. The molecule has 2 heterocycles. The fourth-order valence-electron chi connectivity index (χ4n) is 1.93. The molecule has 0 bridgehead atoms. The molecule has 0 aliphatic heterocycles. The van der Waals surface area contributed by atoms with Crippen LogP contribution in [0.5, 0.6) is 0 Å². The van der Waals surface area contributed by atoms with Gasteiger partial charge in [0.2, 0.25) is 0 Å². The molecular weight excluding hydrogens is 333 g/mol. The Morgan fingerprint density at radius 1 is 1.42 bits per heavy atom. The van der Waals surface area contributed by atoms with Gasteiger partial charge >= 0.3 is 0 Å². The molecular formula is C12H9BrFN3OS. The molecule has 0 amide bonds. The summed E-state index contributed by atoms with van der Waals surface area (Å²) in [5.41, 5.74) is 0.576. The van der Waals surface area contributed by atoms with E-state index in [1.54, 1.807) is 19.2 Å². The number of hydrogen-bond acceptors (Lipinski definition) is 4. The van der Waals surface area contributed by atoms with Gasteiger partial charge in [0.15, 0.2) is 4.60 Å². The summed E-state index contributed by atoms with van der Waals surface area (Å²) >= 11 is 4.68. The van der Waals surface area contributed by atoms with Crippen LogP contribution in [-0.2, 0) is 7.05 Å². The standard InChI is InChI=1S/C12H9BrFN3OS/c1-17-10(12(13)15-16-17)11(18)9-5-6-4-7(14)2-3-8(6)19-9/h2-5,11,18H,1H3. The highest BCUT2D eigenvalue weighted by molar-refractivity contribution is 9.10. The molecule has 0 spiro atoms. The van der Waals surface area contributed by atoms with Gasteiger partial charge in [0.05, 0.1) is 0 Å². The summed E-state index contributed by atoms with van der Waals surface area (Å²) in [4.78, 5) is 0.728. The molecule has 0 saturated heterocycles. The lowest BCUT2D eigenvalue weighted by atomic mass is 10.2. The summed E-state index contributed by atoms with van der Waals surface area (Å²) in [5, 5.41) is 18.9. The summed E-state index contributed by atoms with van der Waals surface area (Å²) in [6.45, 7) is 0. The Balaban J connectivity index is 2.09. The molecule has 4 nitrogen and oxygen atoms in total. The fourth-order valence-corrected chi connectivity index (χ4v) is 3.51. The molecule has 0 fully saturated rings. The average Bonchev–Trinajstić information content (AvgIpc) is 2.92. The van der Waals surface area contributed by atoms with Crippen LogP contribution in [-0.4, -0.2) is 20.1 Å². The number of aromatic nitrogens is 3. The van der Waals surface area contributed by atoms with E-state index in [9.17, 15) is 9.50 Å². The summed E-state index contributed by atoms with van der Waals surface area (Å²) in [6, 6.07) is 6.37. The Kier molecular flexibility index (Phi) is 3.12. The Bertz CT molecular complexity index is 735. The maximum absolute atomic E-state index is 13.2. The number of rotatable bonds is 2. The van der Waals surface area contributed by atoms with Crippen LogP contribution in [0.15, 0.2) is 28.9 Å². The van der Waals surface area contributed by atoms with Crippen molar-refractivity contribution in [3.63, 3.8) is 0 Å². The van der Waals surface area contributed by atoms with Gasteiger partial charge in [-0.05, 0) is 45.6 Å². The third-order valence-corrected chi connectivity index (χ3v) is 4.59. The molecule has 7 heteroatoms. The van der Waals surface area contributed by atoms with Crippen molar-refractivity contribution in [2.24, 2.45) is 7.05 Å². The first-order valence-electron chi connectivity index (χ1n) is 5.48. The second kappa shape index (κ2) is 4.66. The van der Waals surface area contributed by atoms with Crippen LogP contribution in [0.3, 0.4) is 0 Å². The van der Waals surface area contributed by atoms with Crippen LogP contribution in [0.4, 0.5) is 4.39 Å². The van der Waals surface area contributed by atoms with Crippen molar-refractivity contribution in [3.05, 3.63) is 45.3 Å². The van der Waals surface area contributed by atoms with E-state index in [2.05, 4.69) is 26.2 Å². The van der Waals surface area contributed by atoms with E-state index < -0.39 is 6.10 Å². The minimum atomic E-state index is -0.838. The fraction of sp³-hybridized carbons (Fsp3) is 0.167. The minimum Gasteiger partial charge on any atom is -0.381 e. The van der Waals surface area contributed by atoms with Gasteiger partial charge < -0.3 is 5.11 Å². The third-order valence-electron chi connectivity index (χ3n) is 2.85. The molecule has 0 aliphatic carbocycles. The minimum absolute atomic E-state index is 0.283. The van der Waals surface area contributed by atoms with Gasteiger partial charge in [0, 0.05) is 16.6 Å². The first-order valence-corrected chi connectivity index (χ1v) is 7.09. The zero-order valence-electron chi connectivity index (χ0n) is 9.84. The van der Waals surface area contributed by atoms with Gasteiger partial charge in [-0.25, -0.2) is 9.07 Å². The summed E-state index contributed by atoms with van der Waals surface area (Å²) in [7, 11) is 1.71. The number of fused-ring (bicyclic) bond motifs is 1. The molecule has 0 aliphatic rings. The highest BCUT2D eigenvalue weighted by Crippen LogP contribution is 2.35. The second-order valence-electron chi connectivity index (χ2n) is 4.12. The molecule has 3 aromatic rings. The van der Waals surface area contributed by atoms with Gasteiger partial charge in [0.25, 0.3) is 0 Å². The maximum Gasteiger partial charge on any atom is 0.154 e. The zero-order valence-corrected chi connectivity index (χ0v) is 12.2. The number of hydrogen-bond donors (Lipinski definition) is 1. The van der Waals surface area contributed by atoms with Gasteiger partial charge in [-0.3, -0.25) is 0 Å². The molecule has 1 N–H and O–H groups in total. The Labute approximate surface area is 120 Å². The summed E-state index contributed by atoms with van der Waals surface area (Å²) in [5.74, 6) is -0.283.